The zero-order valence-corrected chi connectivity index (χ0v) is 13.1. The van der Waals surface area contributed by atoms with Gasteiger partial charge in [0.15, 0.2) is 0 Å². The summed E-state index contributed by atoms with van der Waals surface area (Å²) >= 11 is 1.39. The summed E-state index contributed by atoms with van der Waals surface area (Å²) in [6.45, 7) is 1.85. The van der Waals surface area contributed by atoms with Crippen molar-refractivity contribution in [3.63, 3.8) is 0 Å². The molecule has 1 aromatic carbocycles. The molecule has 0 saturated heterocycles. The van der Waals surface area contributed by atoms with E-state index in [1.165, 1.54) is 31.9 Å². The van der Waals surface area contributed by atoms with Crippen LogP contribution in [0.3, 0.4) is 0 Å². The lowest BCUT2D eigenvalue weighted by molar-refractivity contribution is 0.521. The molecule has 0 bridgehead atoms. The molecule has 0 aliphatic carbocycles. The number of hydrogen-bond acceptors (Lipinski definition) is 5. The molecule has 0 radical (unpaired) electrons. The molecular weight excluding hydrogens is 296 g/mol. The van der Waals surface area contributed by atoms with E-state index < -0.39 is 10.0 Å². The highest BCUT2D eigenvalue weighted by Crippen LogP contribution is 2.37. The zero-order valence-electron chi connectivity index (χ0n) is 11.5. The number of nitrogen functional groups attached to an aromatic ring is 1. The molecule has 1 heterocycles. The van der Waals surface area contributed by atoms with Gasteiger partial charge in [0.1, 0.15) is 10.7 Å². The Kier molecular flexibility index (Phi) is 4.12. The quantitative estimate of drug-likeness (QED) is 0.878. The predicted octanol–water partition coefficient (Wildman–Crippen LogP) is 2.57. The zero-order chi connectivity index (χ0) is 14.9. The van der Waals surface area contributed by atoms with Crippen LogP contribution in [0.25, 0.3) is 0 Å². The van der Waals surface area contributed by atoms with E-state index in [9.17, 15) is 8.42 Å². The second-order valence-electron chi connectivity index (χ2n) is 4.40. The molecule has 0 spiro atoms. The summed E-state index contributed by atoms with van der Waals surface area (Å²) in [7, 11) is -0.586. The Labute approximate surface area is 122 Å². The Bertz CT molecular complexity index is 721. The van der Waals surface area contributed by atoms with Crippen molar-refractivity contribution in [3.8, 4) is 0 Å². The molecule has 0 aliphatic heterocycles. The number of benzene rings is 1. The maximum Gasteiger partial charge on any atom is 0.244 e. The van der Waals surface area contributed by atoms with Gasteiger partial charge in [0, 0.05) is 19.0 Å². The average molecular weight is 312 g/mol. The fraction of sp³-hybridized carbons (Fsp3) is 0.231. The number of anilines is 1. The van der Waals surface area contributed by atoms with Crippen LogP contribution in [0.1, 0.15) is 5.76 Å². The molecule has 108 valence electrons. The van der Waals surface area contributed by atoms with Crippen molar-refractivity contribution in [2.45, 2.75) is 21.6 Å². The van der Waals surface area contributed by atoms with Gasteiger partial charge in [-0.05, 0) is 25.1 Å². The third-order valence-corrected chi connectivity index (χ3v) is 5.91. The lowest BCUT2D eigenvalue weighted by atomic mass is 10.3. The Balaban J connectivity index is 2.46. The molecular formula is C13H16N2O3S2. The highest BCUT2D eigenvalue weighted by atomic mass is 32.2. The van der Waals surface area contributed by atoms with E-state index in [2.05, 4.69) is 0 Å². The minimum Gasteiger partial charge on any atom is -0.468 e. The molecule has 20 heavy (non-hydrogen) atoms. The Morgan fingerprint density at radius 1 is 1.20 bits per heavy atom. The van der Waals surface area contributed by atoms with Gasteiger partial charge in [-0.1, -0.05) is 17.8 Å². The lowest BCUT2D eigenvalue weighted by Crippen LogP contribution is -2.23. The van der Waals surface area contributed by atoms with Crippen molar-refractivity contribution < 1.29 is 12.8 Å². The van der Waals surface area contributed by atoms with Crippen molar-refractivity contribution >= 4 is 27.5 Å². The smallest absolute Gasteiger partial charge is 0.244 e. The Hall–Kier alpha value is -1.44. The molecule has 7 heteroatoms. The van der Waals surface area contributed by atoms with Crippen LogP contribution in [0.4, 0.5) is 5.69 Å². The number of sulfonamides is 1. The van der Waals surface area contributed by atoms with Gasteiger partial charge in [-0.25, -0.2) is 12.7 Å². The van der Waals surface area contributed by atoms with E-state index in [1.807, 2.05) is 13.0 Å². The van der Waals surface area contributed by atoms with Crippen LogP contribution in [-0.4, -0.2) is 26.8 Å². The maximum absolute atomic E-state index is 12.2. The molecule has 0 amide bonds. The van der Waals surface area contributed by atoms with Crippen molar-refractivity contribution in [3.05, 3.63) is 36.3 Å². The fourth-order valence-corrected chi connectivity index (χ4v) is 3.65. The van der Waals surface area contributed by atoms with Crippen LogP contribution in [0.2, 0.25) is 0 Å². The van der Waals surface area contributed by atoms with Gasteiger partial charge in [0.2, 0.25) is 10.0 Å². The van der Waals surface area contributed by atoms with E-state index in [4.69, 9.17) is 10.2 Å². The first-order valence-electron chi connectivity index (χ1n) is 5.87. The van der Waals surface area contributed by atoms with Crippen LogP contribution in [0.15, 0.2) is 49.6 Å². The van der Waals surface area contributed by atoms with Gasteiger partial charge in [-0.3, -0.25) is 0 Å². The summed E-state index contributed by atoms with van der Waals surface area (Å²) < 4.78 is 30.8. The minimum absolute atomic E-state index is 0.119. The molecule has 0 unspecified atom stereocenters. The largest absolute Gasteiger partial charge is 0.468 e. The highest BCUT2D eigenvalue weighted by Gasteiger charge is 2.22. The second kappa shape index (κ2) is 5.51. The van der Waals surface area contributed by atoms with Crippen molar-refractivity contribution in [2.24, 2.45) is 0 Å². The highest BCUT2D eigenvalue weighted by molar-refractivity contribution is 7.99. The SMILES string of the molecule is Cc1occc1Sc1cccc(S(=O)(=O)N(C)C)c1N. The van der Waals surface area contributed by atoms with Crippen molar-refractivity contribution in [1.82, 2.24) is 4.31 Å². The first-order chi connectivity index (χ1) is 9.34. The first-order valence-corrected chi connectivity index (χ1v) is 8.12. The van der Waals surface area contributed by atoms with Gasteiger partial charge in [-0.2, -0.15) is 0 Å². The van der Waals surface area contributed by atoms with Crippen molar-refractivity contribution in [1.29, 1.82) is 0 Å². The normalized spacial score (nSPS) is 12.0. The molecule has 2 aromatic rings. The number of hydrogen-bond donors (Lipinski definition) is 1. The molecule has 2 N–H and O–H groups in total. The van der Waals surface area contributed by atoms with Crippen LogP contribution in [-0.2, 0) is 10.0 Å². The van der Waals surface area contributed by atoms with Crippen LogP contribution in [0.5, 0.6) is 0 Å². The monoisotopic (exact) mass is 312 g/mol. The van der Waals surface area contributed by atoms with Gasteiger partial charge >= 0.3 is 0 Å². The number of nitrogens with two attached hydrogens (primary N) is 1. The predicted molar refractivity (Wildman–Crippen MR) is 79.3 cm³/mol. The molecule has 0 fully saturated rings. The van der Waals surface area contributed by atoms with E-state index >= 15 is 0 Å². The summed E-state index contributed by atoms with van der Waals surface area (Å²) in [5.74, 6) is 0.773. The van der Waals surface area contributed by atoms with Crippen LogP contribution >= 0.6 is 11.8 Å². The maximum atomic E-state index is 12.2. The molecule has 0 saturated carbocycles. The topological polar surface area (TPSA) is 76.5 Å². The standard InChI is InChI=1S/C13H16N2O3S2/c1-9-10(7-8-18-9)19-11-5-4-6-12(13(11)14)20(16,17)15(2)3/h4-8H,14H2,1-3H3. The van der Waals surface area contributed by atoms with E-state index in [-0.39, 0.29) is 10.6 Å². The fourth-order valence-electron chi connectivity index (χ4n) is 1.63. The van der Waals surface area contributed by atoms with Gasteiger partial charge in [0.25, 0.3) is 0 Å². The second-order valence-corrected chi connectivity index (χ2v) is 7.60. The van der Waals surface area contributed by atoms with Crippen LogP contribution < -0.4 is 5.73 Å². The third-order valence-electron chi connectivity index (χ3n) is 2.82. The number of aryl methyl sites for hydroxylation is 1. The first kappa shape index (κ1) is 15.0. The van der Waals surface area contributed by atoms with E-state index in [0.29, 0.717) is 4.90 Å². The lowest BCUT2D eigenvalue weighted by Gasteiger charge is -2.15. The van der Waals surface area contributed by atoms with E-state index in [1.54, 1.807) is 18.4 Å². The molecule has 0 atom stereocenters. The number of furan rings is 1. The summed E-state index contributed by atoms with van der Waals surface area (Å²) in [6.07, 6.45) is 1.59. The van der Waals surface area contributed by atoms with Crippen LogP contribution in [0, 0.1) is 6.92 Å². The average Bonchev–Trinajstić information content (AvgIpc) is 2.77. The minimum atomic E-state index is -3.55. The number of nitrogens with zero attached hydrogens (tertiary/aromatic N) is 1. The summed E-state index contributed by atoms with van der Waals surface area (Å²) in [5, 5.41) is 0. The molecule has 5 nitrogen and oxygen atoms in total. The van der Waals surface area contributed by atoms with Gasteiger partial charge < -0.3 is 10.2 Å². The Morgan fingerprint density at radius 3 is 2.45 bits per heavy atom. The van der Waals surface area contributed by atoms with Crippen molar-refractivity contribution in [2.75, 3.05) is 19.8 Å². The molecule has 0 aliphatic rings. The molecule has 2 rings (SSSR count). The number of rotatable bonds is 4. The summed E-state index contributed by atoms with van der Waals surface area (Å²) in [4.78, 5) is 1.72. The Morgan fingerprint density at radius 2 is 1.90 bits per heavy atom. The summed E-state index contributed by atoms with van der Waals surface area (Å²) in [5.41, 5.74) is 6.27. The summed E-state index contributed by atoms with van der Waals surface area (Å²) in [6, 6.07) is 6.81. The number of para-hydroxylation sites is 1. The van der Waals surface area contributed by atoms with E-state index in [0.717, 1.165) is 15.0 Å². The van der Waals surface area contributed by atoms with Gasteiger partial charge in [0.05, 0.1) is 16.8 Å². The third kappa shape index (κ3) is 2.70. The molecule has 1 aromatic heterocycles. The van der Waals surface area contributed by atoms with Gasteiger partial charge in [-0.15, -0.1) is 0 Å².